The Morgan fingerprint density at radius 2 is 2.50 bits per heavy atom. The van der Waals surface area contributed by atoms with Crippen LogP contribution in [0, 0.1) is 6.92 Å². The quantitative estimate of drug-likeness (QED) is 0.771. The fraction of sp³-hybridized carbons (Fsp3) is 0.625. The van der Waals surface area contributed by atoms with E-state index in [1.165, 1.54) is 0 Å². The maximum atomic E-state index is 5.06. The number of hydrogen-bond donors (Lipinski definition) is 1. The van der Waals surface area contributed by atoms with E-state index >= 15 is 0 Å². The van der Waals surface area contributed by atoms with Crippen LogP contribution in [-0.4, -0.2) is 25.7 Å². The van der Waals surface area contributed by atoms with Crippen molar-refractivity contribution in [2.24, 2.45) is 0 Å². The first kappa shape index (κ1) is 9.64. The summed E-state index contributed by atoms with van der Waals surface area (Å²) >= 11 is 1.67. The molecule has 3 nitrogen and oxygen atoms in total. The molecule has 0 spiro atoms. The van der Waals surface area contributed by atoms with E-state index in [-0.39, 0.29) is 6.04 Å². The van der Waals surface area contributed by atoms with Gasteiger partial charge < -0.3 is 10.1 Å². The van der Waals surface area contributed by atoms with Gasteiger partial charge in [-0.1, -0.05) is 0 Å². The standard InChI is InChI=1S/C8H14N2OS/c1-6-10-8(5-12-6)7(9-2)4-11-3/h5,7,9H,4H2,1-3H3. The van der Waals surface area contributed by atoms with Gasteiger partial charge in [0.05, 0.1) is 23.4 Å². The van der Waals surface area contributed by atoms with Gasteiger partial charge in [-0.05, 0) is 14.0 Å². The van der Waals surface area contributed by atoms with Gasteiger partial charge in [-0.25, -0.2) is 4.98 Å². The van der Waals surface area contributed by atoms with E-state index in [0.717, 1.165) is 10.7 Å². The molecule has 68 valence electrons. The molecule has 1 N–H and O–H groups in total. The molecular weight excluding hydrogens is 172 g/mol. The first-order valence-electron chi connectivity index (χ1n) is 3.86. The van der Waals surface area contributed by atoms with Gasteiger partial charge in [-0.2, -0.15) is 0 Å². The number of hydrogen-bond acceptors (Lipinski definition) is 4. The Labute approximate surface area is 76.8 Å². The summed E-state index contributed by atoms with van der Waals surface area (Å²) in [5.74, 6) is 0. The Hall–Kier alpha value is -0.450. The third-order valence-corrected chi connectivity index (χ3v) is 2.47. The average Bonchev–Trinajstić information content (AvgIpc) is 2.47. The molecule has 0 saturated heterocycles. The van der Waals surface area contributed by atoms with Gasteiger partial charge in [0.15, 0.2) is 0 Å². The van der Waals surface area contributed by atoms with Crippen LogP contribution in [0.5, 0.6) is 0 Å². The highest BCUT2D eigenvalue weighted by Gasteiger charge is 2.10. The fourth-order valence-electron chi connectivity index (χ4n) is 1.02. The molecule has 0 bridgehead atoms. The lowest BCUT2D eigenvalue weighted by Crippen LogP contribution is -2.21. The summed E-state index contributed by atoms with van der Waals surface area (Å²) in [5, 5.41) is 6.32. The lowest BCUT2D eigenvalue weighted by Gasteiger charge is -2.11. The number of methoxy groups -OCH3 is 1. The van der Waals surface area contributed by atoms with E-state index in [0.29, 0.717) is 6.61 Å². The minimum atomic E-state index is 0.222. The molecule has 1 heterocycles. The molecule has 1 aromatic rings. The Morgan fingerprint density at radius 3 is 2.92 bits per heavy atom. The monoisotopic (exact) mass is 186 g/mol. The van der Waals surface area contributed by atoms with Crippen molar-refractivity contribution in [3.05, 3.63) is 16.1 Å². The highest BCUT2D eigenvalue weighted by atomic mass is 32.1. The molecule has 0 aromatic carbocycles. The summed E-state index contributed by atoms with van der Waals surface area (Å²) in [7, 11) is 3.61. The molecule has 0 amide bonds. The minimum Gasteiger partial charge on any atom is -0.383 e. The first-order valence-corrected chi connectivity index (χ1v) is 4.74. The number of nitrogens with one attached hydrogen (secondary N) is 1. The zero-order valence-corrected chi connectivity index (χ0v) is 8.44. The van der Waals surface area contributed by atoms with Gasteiger partial charge in [0.1, 0.15) is 0 Å². The molecule has 0 aliphatic rings. The number of aromatic nitrogens is 1. The topological polar surface area (TPSA) is 34.1 Å². The number of likely N-dealkylation sites (N-methyl/N-ethyl adjacent to an activating group) is 1. The molecule has 12 heavy (non-hydrogen) atoms. The summed E-state index contributed by atoms with van der Waals surface area (Å²) in [4.78, 5) is 4.38. The average molecular weight is 186 g/mol. The van der Waals surface area contributed by atoms with Crippen molar-refractivity contribution in [1.29, 1.82) is 0 Å². The van der Waals surface area contributed by atoms with Crippen molar-refractivity contribution >= 4 is 11.3 Å². The summed E-state index contributed by atoms with van der Waals surface area (Å²) < 4.78 is 5.06. The van der Waals surface area contributed by atoms with Gasteiger partial charge in [-0.15, -0.1) is 11.3 Å². The van der Waals surface area contributed by atoms with E-state index in [1.54, 1.807) is 18.4 Å². The van der Waals surface area contributed by atoms with Gasteiger partial charge >= 0.3 is 0 Å². The molecule has 0 aliphatic carbocycles. The predicted molar refractivity (Wildman–Crippen MR) is 50.5 cm³/mol. The molecule has 1 aromatic heterocycles. The van der Waals surface area contributed by atoms with Crippen LogP contribution in [-0.2, 0) is 4.74 Å². The second kappa shape index (κ2) is 4.54. The third kappa shape index (κ3) is 2.27. The van der Waals surface area contributed by atoms with Crippen molar-refractivity contribution in [2.75, 3.05) is 20.8 Å². The molecule has 0 fully saturated rings. The molecular formula is C8H14N2OS. The normalized spacial score (nSPS) is 13.2. The van der Waals surface area contributed by atoms with E-state index in [1.807, 2.05) is 14.0 Å². The van der Waals surface area contributed by atoms with Crippen LogP contribution in [0.1, 0.15) is 16.7 Å². The molecule has 0 radical (unpaired) electrons. The van der Waals surface area contributed by atoms with Gasteiger partial charge in [0, 0.05) is 12.5 Å². The SMILES string of the molecule is CNC(COC)c1csc(C)n1. The maximum absolute atomic E-state index is 5.06. The van der Waals surface area contributed by atoms with E-state index in [9.17, 15) is 0 Å². The molecule has 4 heteroatoms. The van der Waals surface area contributed by atoms with Crippen LogP contribution in [0.4, 0.5) is 0 Å². The summed E-state index contributed by atoms with van der Waals surface area (Å²) in [6.07, 6.45) is 0. The second-order valence-electron chi connectivity index (χ2n) is 2.59. The highest BCUT2D eigenvalue weighted by Crippen LogP contribution is 2.15. The van der Waals surface area contributed by atoms with E-state index < -0.39 is 0 Å². The van der Waals surface area contributed by atoms with Crippen LogP contribution in [0.25, 0.3) is 0 Å². The zero-order chi connectivity index (χ0) is 8.97. The van der Waals surface area contributed by atoms with Crippen LogP contribution in [0.15, 0.2) is 5.38 Å². The highest BCUT2D eigenvalue weighted by molar-refractivity contribution is 7.09. The number of ether oxygens (including phenoxy) is 1. The number of aryl methyl sites for hydroxylation is 1. The van der Waals surface area contributed by atoms with Gasteiger partial charge in [-0.3, -0.25) is 0 Å². The molecule has 0 aliphatic heterocycles. The van der Waals surface area contributed by atoms with Gasteiger partial charge in [0.2, 0.25) is 0 Å². The molecule has 0 saturated carbocycles. The molecule has 1 unspecified atom stereocenters. The Kier molecular flexibility index (Phi) is 3.65. The summed E-state index contributed by atoms with van der Waals surface area (Å²) in [6, 6.07) is 0.222. The van der Waals surface area contributed by atoms with E-state index in [4.69, 9.17) is 4.74 Å². The van der Waals surface area contributed by atoms with Crippen LogP contribution < -0.4 is 5.32 Å². The van der Waals surface area contributed by atoms with Crippen molar-refractivity contribution in [2.45, 2.75) is 13.0 Å². The van der Waals surface area contributed by atoms with Crippen molar-refractivity contribution < 1.29 is 4.74 Å². The van der Waals surface area contributed by atoms with Crippen molar-refractivity contribution in [3.8, 4) is 0 Å². The zero-order valence-electron chi connectivity index (χ0n) is 7.63. The third-order valence-electron chi connectivity index (χ3n) is 1.68. The van der Waals surface area contributed by atoms with Crippen molar-refractivity contribution in [1.82, 2.24) is 10.3 Å². The van der Waals surface area contributed by atoms with Gasteiger partial charge in [0.25, 0.3) is 0 Å². The summed E-state index contributed by atoms with van der Waals surface area (Å²) in [5.41, 5.74) is 1.07. The van der Waals surface area contributed by atoms with Crippen LogP contribution in [0.3, 0.4) is 0 Å². The molecule has 1 rings (SSSR count). The number of nitrogens with zero attached hydrogens (tertiary/aromatic N) is 1. The number of rotatable bonds is 4. The second-order valence-corrected chi connectivity index (χ2v) is 3.65. The van der Waals surface area contributed by atoms with Crippen LogP contribution >= 0.6 is 11.3 Å². The molecule has 1 atom stereocenters. The Morgan fingerprint density at radius 1 is 1.75 bits per heavy atom. The number of thiazole rings is 1. The predicted octanol–water partition coefficient (Wildman–Crippen LogP) is 1.36. The summed E-state index contributed by atoms with van der Waals surface area (Å²) in [6.45, 7) is 2.67. The maximum Gasteiger partial charge on any atom is 0.0898 e. The minimum absolute atomic E-state index is 0.222. The Balaban J connectivity index is 2.66. The smallest absolute Gasteiger partial charge is 0.0898 e. The lowest BCUT2D eigenvalue weighted by molar-refractivity contribution is 0.169. The van der Waals surface area contributed by atoms with Crippen molar-refractivity contribution in [3.63, 3.8) is 0 Å². The first-order chi connectivity index (χ1) is 5.77. The van der Waals surface area contributed by atoms with Crippen LogP contribution in [0.2, 0.25) is 0 Å². The fourth-order valence-corrected chi connectivity index (χ4v) is 1.69. The largest absolute Gasteiger partial charge is 0.383 e. The Bertz CT molecular complexity index is 237. The lowest BCUT2D eigenvalue weighted by atomic mass is 10.2. The van der Waals surface area contributed by atoms with E-state index in [2.05, 4.69) is 15.7 Å².